The van der Waals surface area contributed by atoms with Gasteiger partial charge < -0.3 is 10.6 Å². The molecular formula is C18H13ClFN3O. The van der Waals surface area contributed by atoms with Crippen LogP contribution in [0.15, 0.2) is 66.9 Å². The molecule has 0 atom stereocenters. The van der Waals surface area contributed by atoms with Crippen LogP contribution in [0.25, 0.3) is 0 Å². The third-order valence-electron chi connectivity index (χ3n) is 3.26. The first-order chi connectivity index (χ1) is 11.6. The van der Waals surface area contributed by atoms with E-state index in [0.29, 0.717) is 22.1 Å². The van der Waals surface area contributed by atoms with Gasteiger partial charge in [-0.1, -0.05) is 23.7 Å². The van der Waals surface area contributed by atoms with E-state index in [4.69, 9.17) is 11.6 Å². The molecule has 1 aromatic heterocycles. The smallest absolute Gasteiger partial charge is 0.257 e. The Morgan fingerprint density at radius 1 is 0.958 bits per heavy atom. The molecule has 6 heteroatoms. The van der Waals surface area contributed by atoms with E-state index in [1.807, 2.05) is 0 Å². The SMILES string of the molecule is O=C(Nc1ccc(Nc2ccc(F)cc2)nc1)c1ccccc1Cl. The summed E-state index contributed by atoms with van der Waals surface area (Å²) in [5, 5.41) is 6.16. The summed E-state index contributed by atoms with van der Waals surface area (Å²) >= 11 is 6.00. The van der Waals surface area contributed by atoms with Crippen LogP contribution in [0.2, 0.25) is 5.02 Å². The molecule has 0 aliphatic heterocycles. The van der Waals surface area contributed by atoms with Crippen molar-refractivity contribution in [1.82, 2.24) is 4.98 Å². The van der Waals surface area contributed by atoms with Crippen LogP contribution in [0.3, 0.4) is 0 Å². The number of nitrogens with zero attached hydrogens (tertiary/aromatic N) is 1. The monoisotopic (exact) mass is 341 g/mol. The second kappa shape index (κ2) is 7.10. The van der Waals surface area contributed by atoms with Crippen molar-refractivity contribution in [3.05, 3.63) is 83.3 Å². The summed E-state index contributed by atoms with van der Waals surface area (Å²) in [4.78, 5) is 16.4. The summed E-state index contributed by atoms with van der Waals surface area (Å²) in [5.41, 5.74) is 1.66. The van der Waals surface area contributed by atoms with Crippen LogP contribution < -0.4 is 10.6 Å². The molecule has 3 aromatic rings. The first-order valence-corrected chi connectivity index (χ1v) is 7.54. The van der Waals surface area contributed by atoms with Crippen molar-refractivity contribution < 1.29 is 9.18 Å². The molecule has 1 heterocycles. The molecule has 0 aliphatic carbocycles. The minimum atomic E-state index is -0.304. The van der Waals surface area contributed by atoms with Gasteiger partial charge in [-0.2, -0.15) is 0 Å². The van der Waals surface area contributed by atoms with Crippen LogP contribution >= 0.6 is 11.6 Å². The lowest BCUT2D eigenvalue weighted by Gasteiger charge is -2.08. The molecule has 4 nitrogen and oxygen atoms in total. The highest BCUT2D eigenvalue weighted by Gasteiger charge is 2.09. The summed E-state index contributed by atoms with van der Waals surface area (Å²) in [6.07, 6.45) is 1.53. The normalized spacial score (nSPS) is 10.2. The number of carbonyl (C=O) groups excluding carboxylic acids is 1. The lowest BCUT2D eigenvalue weighted by molar-refractivity contribution is 0.102. The molecule has 3 rings (SSSR count). The van der Waals surface area contributed by atoms with E-state index in [1.165, 1.54) is 18.3 Å². The maximum Gasteiger partial charge on any atom is 0.257 e. The van der Waals surface area contributed by atoms with E-state index in [2.05, 4.69) is 15.6 Å². The molecule has 0 saturated carbocycles. The van der Waals surface area contributed by atoms with E-state index < -0.39 is 0 Å². The Morgan fingerprint density at radius 2 is 1.67 bits per heavy atom. The predicted molar refractivity (Wildman–Crippen MR) is 93.3 cm³/mol. The van der Waals surface area contributed by atoms with Gasteiger partial charge >= 0.3 is 0 Å². The third-order valence-corrected chi connectivity index (χ3v) is 3.59. The fourth-order valence-corrected chi connectivity index (χ4v) is 2.29. The maximum absolute atomic E-state index is 12.9. The second-order valence-corrected chi connectivity index (χ2v) is 5.41. The molecule has 120 valence electrons. The summed E-state index contributed by atoms with van der Waals surface area (Å²) in [7, 11) is 0. The Kier molecular flexibility index (Phi) is 4.72. The number of nitrogens with one attached hydrogen (secondary N) is 2. The van der Waals surface area contributed by atoms with Crippen LogP contribution in [0.5, 0.6) is 0 Å². The first kappa shape index (κ1) is 16.0. The van der Waals surface area contributed by atoms with Crippen molar-refractivity contribution in [2.45, 2.75) is 0 Å². The van der Waals surface area contributed by atoms with E-state index in [1.54, 1.807) is 48.5 Å². The standard InChI is InChI=1S/C18H13ClFN3O/c19-16-4-2-1-3-15(16)18(24)23-14-9-10-17(21-11-14)22-13-7-5-12(20)6-8-13/h1-11H,(H,21,22)(H,23,24). The minimum Gasteiger partial charge on any atom is -0.340 e. The van der Waals surface area contributed by atoms with Crippen LogP contribution in [-0.2, 0) is 0 Å². The average Bonchev–Trinajstić information content (AvgIpc) is 2.59. The van der Waals surface area contributed by atoms with Gasteiger partial charge in [0.1, 0.15) is 11.6 Å². The second-order valence-electron chi connectivity index (χ2n) is 5.00. The van der Waals surface area contributed by atoms with Gasteiger partial charge in [0.05, 0.1) is 22.5 Å². The molecule has 1 amide bonds. The Bertz CT molecular complexity index is 851. The summed E-state index contributed by atoms with van der Waals surface area (Å²) < 4.78 is 12.9. The summed E-state index contributed by atoms with van der Waals surface area (Å²) in [5.74, 6) is -0.0230. The third kappa shape index (κ3) is 3.88. The topological polar surface area (TPSA) is 54.0 Å². The fourth-order valence-electron chi connectivity index (χ4n) is 2.07. The number of amides is 1. The van der Waals surface area contributed by atoms with Crippen LogP contribution in [0.1, 0.15) is 10.4 Å². The molecule has 24 heavy (non-hydrogen) atoms. The van der Waals surface area contributed by atoms with Crippen molar-refractivity contribution in [2.75, 3.05) is 10.6 Å². The lowest BCUT2D eigenvalue weighted by atomic mass is 10.2. The van der Waals surface area contributed by atoms with Gasteiger partial charge in [0.15, 0.2) is 0 Å². The van der Waals surface area contributed by atoms with Gasteiger partial charge in [-0.05, 0) is 48.5 Å². The molecule has 0 spiro atoms. The minimum absolute atomic E-state index is 0.300. The number of carbonyl (C=O) groups is 1. The quantitative estimate of drug-likeness (QED) is 0.711. The molecule has 0 radical (unpaired) electrons. The largest absolute Gasteiger partial charge is 0.340 e. The van der Waals surface area contributed by atoms with Crippen molar-refractivity contribution in [1.29, 1.82) is 0 Å². The molecule has 0 saturated heterocycles. The number of rotatable bonds is 4. The highest BCUT2D eigenvalue weighted by atomic mass is 35.5. The summed E-state index contributed by atoms with van der Waals surface area (Å²) in [6.45, 7) is 0. The average molecular weight is 342 g/mol. The van der Waals surface area contributed by atoms with Crippen LogP contribution in [-0.4, -0.2) is 10.9 Å². The first-order valence-electron chi connectivity index (χ1n) is 7.16. The zero-order valence-corrected chi connectivity index (χ0v) is 13.2. The number of aromatic nitrogens is 1. The molecule has 2 aromatic carbocycles. The van der Waals surface area contributed by atoms with Gasteiger partial charge in [-0.3, -0.25) is 4.79 Å². The molecule has 0 unspecified atom stereocenters. The van der Waals surface area contributed by atoms with Gasteiger partial charge in [-0.25, -0.2) is 9.37 Å². The molecule has 0 aliphatic rings. The van der Waals surface area contributed by atoms with E-state index in [0.717, 1.165) is 5.69 Å². The number of hydrogen-bond donors (Lipinski definition) is 2. The molecule has 2 N–H and O–H groups in total. The highest BCUT2D eigenvalue weighted by Crippen LogP contribution is 2.19. The van der Waals surface area contributed by atoms with Crippen molar-refractivity contribution >= 4 is 34.7 Å². The fraction of sp³-hybridized carbons (Fsp3) is 0. The Labute approximate surface area is 143 Å². The molecule has 0 fully saturated rings. The van der Waals surface area contributed by atoms with Crippen molar-refractivity contribution in [2.24, 2.45) is 0 Å². The number of pyridine rings is 1. The van der Waals surface area contributed by atoms with Crippen LogP contribution in [0.4, 0.5) is 21.6 Å². The lowest BCUT2D eigenvalue weighted by Crippen LogP contribution is -2.12. The zero-order valence-electron chi connectivity index (χ0n) is 12.5. The number of anilines is 3. The van der Waals surface area contributed by atoms with E-state index in [-0.39, 0.29) is 11.7 Å². The van der Waals surface area contributed by atoms with Gasteiger partial charge in [-0.15, -0.1) is 0 Å². The van der Waals surface area contributed by atoms with Crippen molar-refractivity contribution in [3.8, 4) is 0 Å². The van der Waals surface area contributed by atoms with Crippen LogP contribution in [0, 0.1) is 5.82 Å². The van der Waals surface area contributed by atoms with Gasteiger partial charge in [0.2, 0.25) is 0 Å². The Balaban J connectivity index is 1.67. The highest BCUT2D eigenvalue weighted by molar-refractivity contribution is 6.34. The van der Waals surface area contributed by atoms with E-state index >= 15 is 0 Å². The maximum atomic E-state index is 12.9. The zero-order chi connectivity index (χ0) is 16.9. The molecule has 0 bridgehead atoms. The number of hydrogen-bond acceptors (Lipinski definition) is 3. The number of benzene rings is 2. The van der Waals surface area contributed by atoms with Gasteiger partial charge in [0, 0.05) is 5.69 Å². The summed E-state index contributed by atoms with van der Waals surface area (Å²) in [6, 6.07) is 16.2. The van der Waals surface area contributed by atoms with E-state index in [9.17, 15) is 9.18 Å². The van der Waals surface area contributed by atoms with Crippen molar-refractivity contribution in [3.63, 3.8) is 0 Å². The molecular weight excluding hydrogens is 329 g/mol. The Morgan fingerprint density at radius 3 is 2.33 bits per heavy atom. The predicted octanol–water partition coefficient (Wildman–Crippen LogP) is 4.87. The Hall–Kier alpha value is -2.92. The van der Waals surface area contributed by atoms with Gasteiger partial charge in [0.25, 0.3) is 5.91 Å². The number of halogens is 2.